The largest absolute Gasteiger partial charge is 0.392 e. The van der Waals surface area contributed by atoms with Gasteiger partial charge in [-0.05, 0) is 26.9 Å². The fraction of sp³-hybridized carbons (Fsp3) is 1.00. The summed E-state index contributed by atoms with van der Waals surface area (Å²) in [6.07, 6.45) is -0.261. The molecular formula is C10H24N2O. The predicted octanol–water partition coefficient (Wildman–Crippen LogP) is 0.543. The number of aliphatic hydroxyl groups is 1. The summed E-state index contributed by atoms with van der Waals surface area (Å²) in [4.78, 5) is 2.17. The van der Waals surface area contributed by atoms with E-state index < -0.39 is 0 Å². The monoisotopic (exact) mass is 188 g/mol. The van der Waals surface area contributed by atoms with Gasteiger partial charge in [0.2, 0.25) is 0 Å². The Morgan fingerprint density at radius 1 is 1.23 bits per heavy atom. The highest BCUT2D eigenvalue weighted by Gasteiger charge is 2.13. The van der Waals surface area contributed by atoms with Gasteiger partial charge in [0.05, 0.1) is 6.10 Å². The molecule has 0 radical (unpaired) electrons. The van der Waals surface area contributed by atoms with Crippen molar-refractivity contribution in [3.8, 4) is 0 Å². The van der Waals surface area contributed by atoms with E-state index in [1.807, 2.05) is 0 Å². The first-order valence-corrected chi connectivity index (χ1v) is 4.99. The van der Waals surface area contributed by atoms with E-state index in [9.17, 15) is 0 Å². The molecule has 0 fully saturated rings. The lowest BCUT2D eigenvalue weighted by atomic mass is 10.0. The number of hydrogen-bond acceptors (Lipinski definition) is 3. The number of rotatable bonds is 6. The second kappa shape index (κ2) is 6.35. The van der Waals surface area contributed by atoms with E-state index >= 15 is 0 Å². The molecule has 2 atom stereocenters. The van der Waals surface area contributed by atoms with E-state index in [2.05, 4.69) is 38.2 Å². The molecule has 0 aromatic heterocycles. The summed E-state index contributed by atoms with van der Waals surface area (Å²) in [7, 11) is 4.14. The molecule has 13 heavy (non-hydrogen) atoms. The van der Waals surface area contributed by atoms with E-state index in [1.165, 1.54) is 0 Å². The molecule has 0 saturated heterocycles. The van der Waals surface area contributed by atoms with E-state index in [0.717, 1.165) is 6.54 Å². The lowest BCUT2D eigenvalue weighted by Crippen LogP contribution is -2.44. The van der Waals surface area contributed by atoms with Gasteiger partial charge in [-0.25, -0.2) is 0 Å². The van der Waals surface area contributed by atoms with Gasteiger partial charge >= 0.3 is 0 Å². The van der Waals surface area contributed by atoms with Crippen molar-refractivity contribution >= 4 is 0 Å². The molecule has 0 bridgehead atoms. The van der Waals surface area contributed by atoms with E-state index in [4.69, 9.17) is 5.11 Å². The highest BCUT2D eigenvalue weighted by atomic mass is 16.3. The molecule has 0 rings (SSSR count). The van der Waals surface area contributed by atoms with Crippen LogP contribution < -0.4 is 5.32 Å². The van der Waals surface area contributed by atoms with Crippen LogP contribution in [-0.2, 0) is 0 Å². The summed E-state index contributed by atoms with van der Waals surface area (Å²) < 4.78 is 0. The predicted molar refractivity (Wildman–Crippen MR) is 56.9 cm³/mol. The van der Waals surface area contributed by atoms with Gasteiger partial charge in [0.15, 0.2) is 0 Å². The van der Waals surface area contributed by atoms with Crippen LogP contribution in [0.2, 0.25) is 0 Å². The Morgan fingerprint density at radius 2 is 1.77 bits per heavy atom. The topological polar surface area (TPSA) is 35.5 Å². The van der Waals surface area contributed by atoms with Gasteiger partial charge in [0.25, 0.3) is 0 Å². The van der Waals surface area contributed by atoms with Crippen molar-refractivity contribution in [2.24, 2.45) is 5.92 Å². The number of nitrogens with zero attached hydrogens (tertiary/aromatic N) is 1. The van der Waals surface area contributed by atoms with Gasteiger partial charge in [-0.15, -0.1) is 0 Å². The third-order valence-corrected chi connectivity index (χ3v) is 2.04. The molecular weight excluding hydrogens is 164 g/mol. The molecule has 0 amide bonds. The number of hydrogen-bond donors (Lipinski definition) is 2. The maximum Gasteiger partial charge on any atom is 0.0636 e. The highest BCUT2D eigenvalue weighted by Crippen LogP contribution is 2.02. The zero-order valence-corrected chi connectivity index (χ0v) is 9.54. The first-order valence-electron chi connectivity index (χ1n) is 4.99. The molecule has 0 aliphatic carbocycles. The molecule has 3 heteroatoms. The Kier molecular flexibility index (Phi) is 6.29. The molecule has 2 unspecified atom stereocenters. The van der Waals surface area contributed by atoms with Crippen LogP contribution in [0, 0.1) is 5.92 Å². The van der Waals surface area contributed by atoms with Crippen LogP contribution in [-0.4, -0.2) is 49.3 Å². The van der Waals surface area contributed by atoms with Crippen LogP contribution in [0.15, 0.2) is 0 Å². The second-order valence-electron chi connectivity index (χ2n) is 4.37. The Morgan fingerprint density at radius 3 is 2.08 bits per heavy atom. The van der Waals surface area contributed by atoms with Gasteiger partial charge < -0.3 is 15.3 Å². The molecule has 0 aromatic rings. The Balaban J connectivity index is 3.81. The molecule has 3 nitrogen and oxygen atoms in total. The van der Waals surface area contributed by atoms with E-state index in [1.54, 1.807) is 6.92 Å². The van der Waals surface area contributed by atoms with Gasteiger partial charge in [0.1, 0.15) is 0 Å². The lowest BCUT2D eigenvalue weighted by Gasteiger charge is -2.26. The lowest BCUT2D eigenvalue weighted by molar-refractivity contribution is 0.175. The van der Waals surface area contributed by atoms with Crippen molar-refractivity contribution in [2.75, 3.05) is 27.2 Å². The highest BCUT2D eigenvalue weighted by molar-refractivity contribution is 4.73. The first kappa shape index (κ1) is 12.9. The van der Waals surface area contributed by atoms with E-state index in [-0.39, 0.29) is 6.10 Å². The Labute approximate surface area is 82.1 Å². The quantitative estimate of drug-likeness (QED) is 0.639. The van der Waals surface area contributed by atoms with Crippen molar-refractivity contribution in [1.82, 2.24) is 10.2 Å². The minimum absolute atomic E-state index is 0.261. The maximum absolute atomic E-state index is 9.14. The normalized spacial score (nSPS) is 16.6. The number of nitrogens with one attached hydrogen (secondary N) is 1. The van der Waals surface area contributed by atoms with E-state index in [0.29, 0.717) is 18.5 Å². The summed E-state index contributed by atoms with van der Waals surface area (Å²) >= 11 is 0. The number of aliphatic hydroxyl groups excluding tert-OH is 1. The first-order chi connectivity index (χ1) is 5.93. The Hall–Kier alpha value is -0.120. The molecule has 2 N–H and O–H groups in total. The van der Waals surface area contributed by atoms with Crippen LogP contribution in [0.3, 0.4) is 0 Å². The number of likely N-dealkylation sites (N-methyl/N-ethyl adjacent to an activating group) is 1. The zero-order valence-electron chi connectivity index (χ0n) is 9.54. The van der Waals surface area contributed by atoms with Crippen molar-refractivity contribution in [2.45, 2.75) is 32.9 Å². The second-order valence-corrected chi connectivity index (χ2v) is 4.37. The average molecular weight is 188 g/mol. The SMILES string of the molecule is CC(O)CNC(CN(C)C)C(C)C. The molecule has 0 aromatic carbocycles. The average Bonchev–Trinajstić information content (AvgIpc) is 1.96. The summed E-state index contributed by atoms with van der Waals surface area (Å²) in [6.45, 7) is 7.90. The van der Waals surface area contributed by atoms with Gasteiger partial charge in [-0.1, -0.05) is 13.8 Å². The fourth-order valence-electron chi connectivity index (χ4n) is 1.23. The molecule has 0 aliphatic rings. The minimum atomic E-state index is -0.261. The standard InChI is InChI=1S/C10H24N2O/c1-8(2)10(7-12(4)5)11-6-9(3)13/h8-11,13H,6-7H2,1-5H3. The third kappa shape index (κ3) is 6.99. The zero-order chi connectivity index (χ0) is 10.4. The van der Waals surface area contributed by atoms with Gasteiger partial charge in [0, 0.05) is 19.1 Å². The summed E-state index contributed by atoms with van der Waals surface area (Å²) in [6, 6.07) is 0.463. The molecule has 0 spiro atoms. The van der Waals surface area contributed by atoms with Crippen LogP contribution >= 0.6 is 0 Å². The Bertz CT molecular complexity index is 124. The van der Waals surface area contributed by atoms with Crippen molar-refractivity contribution in [1.29, 1.82) is 0 Å². The smallest absolute Gasteiger partial charge is 0.0636 e. The minimum Gasteiger partial charge on any atom is -0.392 e. The summed E-state index contributed by atoms with van der Waals surface area (Å²) in [5.41, 5.74) is 0. The van der Waals surface area contributed by atoms with Crippen LogP contribution in [0.4, 0.5) is 0 Å². The third-order valence-electron chi connectivity index (χ3n) is 2.04. The van der Waals surface area contributed by atoms with Gasteiger partial charge in [-0.3, -0.25) is 0 Å². The summed E-state index contributed by atoms with van der Waals surface area (Å²) in [5, 5.41) is 12.5. The van der Waals surface area contributed by atoms with Crippen molar-refractivity contribution < 1.29 is 5.11 Å². The molecule has 0 aliphatic heterocycles. The molecule has 0 saturated carbocycles. The van der Waals surface area contributed by atoms with Crippen molar-refractivity contribution in [3.05, 3.63) is 0 Å². The molecule has 0 heterocycles. The van der Waals surface area contributed by atoms with Crippen LogP contribution in [0.25, 0.3) is 0 Å². The van der Waals surface area contributed by atoms with Gasteiger partial charge in [-0.2, -0.15) is 0 Å². The fourth-order valence-corrected chi connectivity index (χ4v) is 1.23. The maximum atomic E-state index is 9.14. The summed E-state index contributed by atoms with van der Waals surface area (Å²) in [5.74, 6) is 0.598. The van der Waals surface area contributed by atoms with Crippen LogP contribution in [0.1, 0.15) is 20.8 Å². The van der Waals surface area contributed by atoms with Crippen molar-refractivity contribution in [3.63, 3.8) is 0 Å². The van der Waals surface area contributed by atoms with Crippen LogP contribution in [0.5, 0.6) is 0 Å². The molecule has 80 valence electrons.